The van der Waals surface area contributed by atoms with Crippen molar-refractivity contribution in [2.75, 3.05) is 18.6 Å². The van der Waals surface area contributed by atoms with Gasteiger partial charge >= 0.3 is 0 Å². The quantitative estimate of drug-likeness (QED) is 0.395. The topological polar surface area (TPSA) is 69.0 Å². The molecule has 4 rings (SSSR count). The molecule has 0 aliphatic heterocycles. The van der Waals surface area contributed by atoms with Crippen LogP contribution in [-0.2, 0) is 0 Å². The second kappa shape index (κ2) is 9.36. The number of ether oxygens (including phenoxy) is 1. The molecule has 1 aromatic carbocycles. The van der Waals surface area contributed by atoms with E-state index in [4.69, 9.17) is 4.74 Å². The van der Waals surface area contributed by atoms with Gasteiger partial charge in [-0.05, 0) is 69.2 Å². The monoisotopic (exact) mass is 446 g/mol. The highest BCUT2D eigenvalue weighted by atomic mass is 19.1. The van der Waals surface area contributed by atoms with E-state index in [0.717, 1.165) is 34.9 Å². The van der Waals surface area contributed by atoms with Gasteiger partial charge in [0.25, 0.3) is 0 Å². The Morgan fingerprint density at radius 1 is 1.06 bits per heavy atom. The number of hydrogen-bond acceptors (Lipinski definition) is 6. The zero-order valence-electron chi connectivity index (χ0n) is 19.5. The summed E-state index contributed by atoms with van der Waals surface area (Å²) in [5, 5.41) is 9.00. The number of pyridine rings is 1. The average molecular weight is 447 g/mol. The van der Waals surface area contributed by atoms with Crippen LogP contribution in [0.15, 0.2) is 55.0 Å². The van der Waals surface area contributed by atoms with Crippen molar-refractivity contribution in [3.05, 3.63) is 77.6 Å². The van der Waals surface area contributed by atoms with Gasteiger partial charge in [0.2, 0.25) is 5.88 Å². The average Bonchev–Trinajstić information content (AvgIpc) is 3.26. The van der Waals surface area contributed by atoms with Gasteiger partial charge in [0.05, 0.1) is 30.9 Å². The first-order chi connectivity index (χ1) is 15.9. The maximum absolute atomic E-state index is 13.3. The molecular weight excluding hydrogens is 419 g/mol. The molecule has 3 heterocycles. The van der Waals surface area contributed by atoms with Crippen molar-refractivity contribution in [1.82, 2.24) is 24.7 Å². The van der Waals surface area contributed by atoms with Crippen molar-refractivity contribution in [1.29, 1.82) is 0 Å². The molecule has 0 radical (unpaired) electrons. The predicted octanol–water partition coefficient (Wildman–Crippen LogP) is 5.08. The summed E-state index contributed by atoms with van der Waals surface area (Å²) in [7, 11) is 1.59. The molecule has 0 aliphatic carbocycles. The summed E-state index contributed by atoms with van der Waals surface area (Å²) in [5.41, 5.74) is 5.03. The molecule has 33 heavy (non-hydrogen) atoms. The number of methoxy groups -OCH3 is 1. The predicted molar refractivity (Wildman–Crippen MR) is 126 cm³/mol. The first-order valence-corrected chi connectivity index (χ1v) is 10.8. The minimum Gasteiger partial charge on any atom is -0.479 e. The van der Waals surface area contributed by atoms with E-state index in [2.05, 4.69) is 38.9 Å². The molecule has 8 heteroatoms. The second-order valence-electron chi connectivity index (χ2n) is 7.90. The van der Waals surface area contributed by atoms with Crippen molar-refractivity contribution >= 4 is 5.82 Å². The number of anilines is 1. The number of imidazole rings is 1. The van der Waals surface area contributed by atoms with Gasteiger partial charge in [-0.15, -0.1) is 10.2 Å². The Labute approximate surface area is 192 Å². The van der Waals surface area contributed by atoms with Crippen LogP contribution in [0.1, 0.15) is 36.7 Å². The maximum atomic E-state index is 13.3. The molecule has 0 unspecified atom stereocenters. The fraction of sp³-hybridized carbons (Fsp3) is 0.280. The summed E-state index contributed by atoms with van der Waals surface area (Å²) in [6, 6.07) is 12.4. The summed E-state index contributed by atoms with van der Waals surface area (Å²) >= 11 is 0. The van der Waals surface area contributed by atoms with E-state index in [1.54, 1.807) is 25.6 Å². The Kier molecular flexibility index (Phi) is 6.35. The normalized spacial score (nSPS) is 11.9. The van der Waals surface area contributed by atoms with E-state index in [-0.39, 0.29) is 11.9 Å². The Bertz CT molecular complexity index is 1250. The molecule has 0 saturated heterocycles. The van der Waals surface area contributed by atoms with E-state index < -0.39 is 0 Å². The number of halogens is 1. The van der Waals surface area contributed by atoms with Gasteiger partial charge in [0.1, 0.15) is 17.2 Å². The van der Waals surface area contributed by atoms with Crippen LogP contribution >= 0.6 is 0 Å². The van der Waals surface area contributed by atoms with Crippen molar-refractivity contribution in [3.63, 3.8) is 0 Å². The number of nitrogens with zero attached hydrogens (tertiary/aromatic N) is 6. The summed E-state index contributed by atoms with van der Waals surface area (Å²) in [4.78, 5) is 11.1. The van der Waals surface area contributed by atoms with E-state index >= 15 is 0 Å². The minimum absolute atomic E-state index is 0.0191. The number of hydrogen-bond donors (Lipinski definition) is 0. The number of aromatic nitrogens is 5. The highest BCUT2D eigenvalue weighted by Crippen LogP contribution is 2.30. The number of rotatable bonds is 7. The summed E-state index contributed by atoms with van der Waals surface area (Å²) < 4.78 is 20.7. The third-order valence-corrected chi connectivity index (χ3v) is 5.68. The van der Waals surface area contributed by atoms with Crippen molar-refractivity contribution in [2.45, 2.75) is 33.7 Å². The highest BCUT2D eigenvalue weighted by molar-refractivity contribution is 5.61. The molecule has 0 fully saturated rings. The molecule has 1 atom stereocenters. The Hall–Kier alpha value is -3.81. The Morgan fingerprint density at radius 3 is 2.42 bits per heavy atom. The lowest BCUT2D eigenvalue weighted by Gasteiger charge is -2.30. The first-order valence-electron chi connectivity index (χ1n) is 10.8. The second-order valence-corrected chi connectivity index (χ2v) is 7.90. The van der Waals surface area contributed by atoms with Crippen LogP contribution in [-0.4, -0.2) is 38.4 Å². The van der Waals surface area contributed by atoms with Gasteiger partial charge in [-0.2, -0.15) is 0 Å². The highest BCUT2D eigenvalue weighted by Gasteiger charge is 2.20. The standard InChI is InChI=1S/C25H27FN6O/c1-6-32(18(4)19-7-9-20(26)10-8-19)24-16(2)13-22(29-30-24)21-11-12-23(25(28-21)33-5)31-14-17(3)27-15-31/h7-15,18H,6H2,1-5H3/t18-/m0/s1. The lowest BCUT2D eigenvalue weighted by atomic mass is 10.1. The summed E-state index contributed by atoms with van der Waals surface area (Å²) in [6.07, 6.45) is 3.65. The van der Waals surface area contributed by atoms with E-state index in [0.29, 0.717) is 17.3 Å². The SMILES string of the molecule is CCN(c1nnc(-c2ccc(-n3cnc(C)c3)c(OC)n2)cc1C)[C@@H](C)c1ccc(F)cc1. The van der Waals surface area contributed by atoms with Crippen LogP contribution in [0.5, 0.6) is 5.88 Å². The van der Waals surface area contributed by atoms with Gasteiger partial charge in [0, 0.05) is 12.7 Å². The van der Waals surface area contributed by atoms with Crippen LogP contribution in [0, 0.1) is 19.7 Å². The molecule has 0 amide bonds. The molecule has 4 aromatic rings. The zero-order chi connectivity index (χ0) is 23.5. The van der Waals surface area contributed by atoms with Crippen molar-refractivity contribution in [3.8, 4) is 23.0 Å². The minimum atomic E-state index is -0.244. The first kappa shape index (κ1) is 22.4. The van der Waals surface area contributed by atoms with Crippen LogP contribution in [0.4, 0.5) is 10.2 Å². The molecule has 0 bridgehead atoms. The molecule has 7 nitrogen and oxygen atoms in total. The molecule has 0 N–H and O–H groups in total. The summed E-state index contributed by atoms with van der Waals surface area (Å²) in [6.45, 7) is 8.82. The van der Waals surface area contributed by atoms with Gasteiger partial charge in [-0.1, -0.05) is 12.1 Å². The van der Waals surface area contributed by atoms with E-state index in [9.17, 15) is 4.39 Å². The van der Waals surface area contributed by atoms with E-state index in [1.165, 1.54) is 12.1 Å². The molecule has 0 aliphatic rings. The number of benzene rings is 1. The van der Waals surface area contributed by atoms with Crippen LogP contribution in [0.3, 0.4) is 0 Å². The van der Waals surface area contributed by atoms with Crippen LogP contribution in [0.25, 0.3) is 17.1 Å². The lowest BCUT2D eigenvalue weighted by Crippen LogP contribution is -2.28. The van der Waals surface area contributed by atoms with E-state index in [1.807, 2.05) is 42.8 Å². The number of aryl methyl sites for hydroxylation is 2. The smallest absolute Gasteiger partial charge is 0.238 e. The largest absolute Gasteiger partial charge is 0.479 e. The van der Waals surface area contributed by atoms with Gasteiger partial charge in [0.15, 0.2) is 5.82 Å². The maximum Gasteiger partial charge on any atom is 0.238 e. The third-order valence-electron chi connectivity index (χ3n) is 5.68. The van der Waals surface area contributed by atoms with Gasteiger partial charge in [-0.25, -0.2) is 14.4 Å². The fourth-order valence-electron chi connectivity index (χ4n) is 3.89. The molecule has 0 spiro atoms. The Morgan fingerprint density at radius 2 is 1.82 bits per heavy atom. The Balaban J connectivity index is 1.64. The lowest BCUT2D eigenvalue weighted by molar-refractivity contribution is 0.396. The third kappa shape index (κ3) is 4.55. The van der Waals surface area contributed by atoms with Gasteiger partial charge < -0.3 is 14.2 Å². The molecule has 3 aromatic heterocycles. The zero-order valence-corrected chi connectivity index (χ0v) is 19.5. The van der Waals surface area contributed by atoms with Gasteiger partial charge in [-0.3, -0.25) is 0 Å². The van der Waals surface area contributed by atoms with Crippen LogP contribution in [0.2, 0.25) is 0 Å². The fourth-order valence-corrected chi connectivity index (χ4v) is 3.89. The molecule has 0 saturated carbocycles. The van der Waals surface area contributed by atoms with Crippen molar-refractivity contribution in [2.24, 2.45) is 0 Å². The molecule has 170 valence electrons. The van der Waals surface area contributed by atoms with Crippen molar-refractivity contribution < 1.29 is 9.13 Å². The summed E-state index contributed by atoms with van der Waals surface area (Å²) in [5.74, 6) is 1.02. The molecular formula is C25H27FN6O. The van der Waals surface area contributed by atoms with Crippen LogP contribution < -0.4 is 9.64 Å².